The summed E-state index contributed by atoms with van der Waals surface area (Å²) in [4.78, 5) is 20.3. The first-order valence-electron chi connectivity index (χ1n) is 9.88. The Balaban J connectivity index is 1.56. The number of nitrogens with one attached hydrogen (secondary N) is 1. The highest BCUT2D eigenvalue weighted by Crippen LogP contribution is 2.15. The molecule has 1 amide bonds. The van der Waals surface area contributed by atoms with Crippen LogP contribution in [-0.4, -0.2) is 42.3 Å². The van der Waals surface area contributed by atoms with Crippen LogP contribution in [0.15, 0.2) is 53.5 Å². The molecule has 1 N–H and O–H groups in total. The van der Waals surface area contributed by atoms with Crippen molar-refractivity contribution in [1.29, 1.82) is 0 Å². The summed E-state index contributed by atoms with van der Waals surface area (Å²) in [5.41, 5.74) is 4.89. The van der Waals surface area contributed by atoms with Crippen molar-refractivity contribution in [2.45, 2.75) is 39.4 Å². The maximum Gasteiger partial charge on any atom is 0.222 e. The predicted octanol–water partition coefficient (Wildman–Crippen LogP) is 3.32. The van der Waals surface area contributed by atoms with Gasteiger partial charge in [0.2, 0.25) is 5.91 Å². The number of aryl methyl sites for hydroxylation is 1. The third kappa shape index (κ3) is 5.35. The summed E-state index contributed by atoms with van der Waals surface area (Å²) in [5, 5.41) is 3.44. The minimum Gasteiger partial charge on any atom is -0.352 e. The molecule has 0 unspecified atom stereocenters. The molecule has 1 aliphatic rings. The Morgan fingerprint density at radius 2 is 1.89 bits per heavy atom. The van der Waals surface area contributed by atoms with E-state index in [0.29, 0.717) is 19.5 Å². The number of carbonyl (C=O) groups is 1. The molecule has 0 aromatic heterocycles. The molecule has 2 aromatic rings. The Kier molecular flexibility index (Phi) is 6.69. The van der Waals surface area contributed by atoms with Crippen molar-refractivity contribution in [3.63, 3.8) is 0 Å². The van der Waals surface area contributed by atoms with Crippen LogP contribution in [0.1, 0.15) is 35.1 Å². The number of hydrogen-bond acceptors (Lipinski definition) is 2. The minimum atomic E-state index is 0.265. The molecule has 1 heterocycles. The molecule has 0 aliphatic carbocycles. The van der Waals surface area contributed by atoms with Gasteiger partial charge in [-0.3, -0.25) is 9.79 Å². The molecule has 0 spiro atoms. The van der Waals surface area contributed by atoms with E-state index in [2.05, 4.69) is 70.7 Å². The van der Waals surface area contributed by atoms with Crippen molar-refractivity contribution in [3.8, 4) is 0 Å². The highest BCUT2D eigenvalue weighted by Gasteiger charge is 2.19. The molecule has 3 rings (SSSR count). The van der Waals surface area contributed by atoms with E-state index in [1.807, 2.05) is 19.0 Å². The average Bonchev–Trinajstić information content (AvgIpc) is 3.09. The summed E-state index contributed by atoms with van der Waals surface area (Å²) in [6.07, 6.45) is 1.66. The number of amides is 1. The standard InChI is InChI=1S/C23H30N4O/c1-18-9-11-19(12-10-18)16-26(3)23(24-2)25-15-20-6-4-7-21(14-20)17-27-13-5-8-22(27)28/h4,6-7,9-12,14H,5,8,13,15-17H2,1-3H3,(H,24,25). The Hall–Kier alpha value is -2.82. The summed E-state index contributed by atoms with van der Waals surface area (Å²) in [5.74, 6) is 1.13. The van der Waals surface area contributed by atoms with Gasteiger partial charge in [0.05, 0.1) is 0 Å². The first-order chi connectivity index (χ1) is 13.5. The highest BCUT2D eigenvalue weighted by molar-refractivity contribution is 5.79. The molecule has 1 aliphatic heterocycles. The number of hydrogen-bond donors (Lipinski definition) is 1. The highest BCUT2D eigenvalue weighted by atomic mass is 16.2. The van der Waals surface area contributed by atoms with Gasteiger partial charge >= 0.3 is 0 Å². The van der Waals surface area contributed by atoms with Crippen molar-refractivity contribution >= 4 is 11.9 Å². The summed E-state index contributed by atoms with van der Waals surface area (Å²) >= 11 is 0. The summed E-state index contributed by atoms with van der Waals surface area (Å²) in [7, 11) is 3.86. The second kappa shape index (κ2) is 9.40. The largest absolute Gasteiger partial charge is 0.352 e. The van der Waals surface area contributed by atoms with Gasteiger partial charge in [-0.05, 0) is 30.0 Å². The SMILES string of the molecule is CN=C(NCc1cccc(CN2CCCC2=O)c1)N(C)Cc1ccc(C)cc1. The van der Waals surface area contributed by atoms with Crippen LogP contribution in [0.4, 0.5) is 0 Å². The van der Waals surface area contributed by atoms with E-state index in [1.54, 1.807) is 0 Å². The Labute approximate surface area is 168 Å². The molecule has 5 heteroatoms. The quantitative estimate of drug-likeness (QED) is 0.620. The number of nitrogens with zero attached hydrogens (tertiary/aromatic N) is 3. The fraction of sp³-hybridized carbons (Fsp3) is 0.391. The smallest absolute Gasteiger partial charge is 0.222 e. The average molecular weight is 379 g/mol. The molecule has 2 aromatic carbocycles. The van der Waals surface area contributed by atoms with Gasteiger partial charge < -0.3 is 15.1 Å². The minimum absolute atomic E-state index is 0.265. The molecule has 0 saturated carbocycles. The number of carbonyl (C=O) groups excluding carboxylic acids is 1. The molecule has 0 radical (unpaired) electrons. The third-order valence-electron chi connectivity index (χ3n) is 5.10. The van der Waals surface area contributed by atoms with Gasteiger partial charge in [0.25, 0.3) is 0 Å². The van der Waals surface area contributed by atoms with Crippen molar-refractivity contribution in [2.75, 3.05) is 20.6 Å². The number of guanidine groups is 1. The second-order valence-electron chi connectivity index (χ2n) is 7.48. The normalized spacial score (nSPS) is 14.5. The van der Waals surface area contributed by atoms with Gasteiger partial charge in [-0.15, -0.1) is 0 Å². The lowest BCUT2D eigenvalue weighted by atomic mass is 10.1. The van der Waals surface area contributed by atoms with Crippen LogP contribution < -0.4 is 5.32 Å². The van der Waals surface area contributed by atoms with Crippen LogP contribution in [0.2, 0.25) is 0 Å². The maximum atomic E-state index is 11.9. The Morgan fingerprint density at radius 1 is 1.14 bits per heavy atom. The van der Waals surface area contributed by atoms with Crippen LogP contribution in [0.5, 0.6) is 0 Å². The number of rotatable bonds is 6. The van der Waals surface area contributed by atoms with Gasteiger partial charge in [-0.25, -0.2) is 0 Å². The van der Waals surface area contributed by atoms with Gasteiger partial charge in [0, 0.05) is 46.7 Å². The Bertz CT molecular complexity index is 829. The zero-order valence-electron chi connectivity index (χ0n) is 17.1. The van der Waals surface area contributed by atoms with Crippen LogP contribution in [0, 0.1) is 6.92 Å². The van der Waals surface area contributed by atoms with Gasteiger partial charge in [-0.1, -0.05) is 54.1 Å². The summed E-state index contributed by atoms with van der Waals surface area (Å²) in [6, 6.07) is 17.0. The molecule has 5 nitrogen and oxygen atoms in total. The molecule has 1 saturated heterocycles. The van der Waals surface area contributed by atoms with Crippen LogP contribution in [-0.2, 0) is 24.4 Å². The number of aliphatic imine (C=N–C) groups is 1. The predicted molar refractivity (Wildman–Crippen MR) is 114 cm³/mol. The fourth-order valence-corrected chi connectivity index (χ4v) is 3.54. The first-order valence-corrected chi connectivity index (χ1v) is 9.88. The fourth-order valence-electron chi connectivity index (χ4n) is 3.54. The van der Waals surface area contributed by atoms with E-state index >= 15 is 0 Å². The second-order valence-corrected chi connectivity index (χ2v) is 7.48. The van der Waals surface area contributed by atoms with Gasteiger partial charge in [0.15, 0.2) is 5.96 Å². The van der Waals surface area contributed by atoms with Crippen molar-refractivity contribution in [3.05, 3.63) is 70.8 Å². The van der Waals surface area contributed by atoms with E-state index in [9.17, 15) is 4.79 Å². The van der Waals surface area contributed by atoms with E-state index in [-0.39, 0.29) is 5.91 Å². The van der Waals surface area contributed by atoms with Crippen LogP contribution in [0.3, 0.4) is 0 Å². The van der Waals surface area contributed by atoms with Gasteiger partial charge in [0.1, 0.15) is 0 Å². The van der Waals surface area contributed by atoms with E-state index in [4.69, 9.17) is 0 Å². The van der Waals surface area contributed by atoms with Crippen molar-refractivity contribution in [1.82, 2.24) is 15.1 Å². The van der Waals surface area contributed by atoms with E-state index < -0.39 is 0 Å². The van der Waals surface area contributed by atoms with Crippen LogP contribution in [0.25, 0.3) is 0 Å². The first kappa shape index (κ1) is 19.9. The lowest BCUT2D eigenvalue weighted by Gasteiger charge is -2.22. The zero-order chi connectivity index (χ0) is 19.9. The van der Waals surface area contributed by atoms with Crippen molar-refractivity contribution in [2.24, 2.45) is 4.99 Å². The lowest BCUT2D eigenvalue weighted by molar-refractivity contribution is -0.128. The molecule has 0 bridgehead atoms. The van der Waals surface area contributed by atoms with Gasteiger partial charge in [-0.2, -0.15) is 0 Å². The molecular formula is C23H30N4O. The molecule has 148 valence electrons. The number of benzene rings is 2. The van der Waals surface area contributed by atoms with Crippen molar-refractivity contribution < 1.29 is 4.79 Å². The van der Waals surface area contributed by atoms with E-state index in [0.717, 1.165) is 25.5 Å². The monoisotopic (exact) mass is 378 g/mol. The Morgan fingerprint density at radius 3 is 2.57 bits per heavy atom. The van der Waals surface area contributed by atoms with E-state index in [1.165, 1.54) is 22.3 Å². The number of likely N-dealkylation sites (tertiary alicyclic amines) is 1. The topological polar surface area (TPSA) is 47.9 Å². The van der Waals surface area contributed by atoms with Crippen LogP contribution >= 0.6 is 0 Å². The lowest BCUT2D eigenvalue weighted by Crippen LogP contribution is -2.38. The maximum absolute atomic E-state index is 11.9. The summed E-state index contributed by atoms with van der Waals surface area (Å²) < 4.78 is 0. The summed E-state index contributed by atoms with van der Waals surface area (Å²) in [6.45, 7) is 5.18. The molecule has 0 atom stereocenters. The third-order valence-corrected chi connectivity index (χ3v) is 5.10. The molecule has 1 fully saturated rings. The zero-order valence-corrected chi connectivity index (χ0v) is 17.1. The molecular weight excluding hydrogens is 348 g/mol. The molecule has 28 heavy (non-hydrogen) atoms.